The van der Waals surface area contributed by atoms with Gasteiger partial charge in [-0.3, -0.25) is 9.10 Å². The van der Waals surface area contributed by atoms with Crippen molar-refractivity contribution in [1.82, 2.24) is 0 Å². The lowest BCUT2D eigenvalue weighted by atomic mass is 10.1. The SMILES string of the molecule is CCOC(=O)c1ccc(C)c(NC(=O)[C@H](CC)N(c2ccc(OC)cc2)S(C)(=O)=O)c1. The number of methoxy groups -OCH3 is 1. The fourth-order valence-electron chi connectivity index (χ4n) is 3.10. The molecule has 0 saturated carbocycles. The molecule has 0 heterocycles. The van der Waals surface area contributed by atoms with Gasteiger partial charge in [-0.1, -0.05) is 13.0 Å². The van der Waals surface area contributed by atoms with Crippen molar-refractivity contribution < 1.29 is 27.5 Å². The van der Waals surface area contributed by atoms with E-state index >= 15 is 0 Å². The lowest BCUT2D eigenvalue weighted by molar-refractivity contribution is -0.117. The van der Waals surface area contributed by atoms with Crippen molar-refractivity contribution in [2.75, 3.05) is 29.6 Å². The third-order valence-electron chi connectivity index (χ3n) is 4.66. The van der Waals surface area contributed by atoms with Gasteiger partial charge in [0.2, 0.25) is 15.9 Å². The first-order valence-electron chi connectivity index (χ1n) is 9.84. The molecule has 9 heteroatoms. The molecular formula is C22H28N2O6S. The maximum atomic E-state index is 13.1. The molecule has 0 unspecified atom stereocenters. The van der Waals surface area contributed by atoms with E-state index in [4.69, 9.17) is 9.47 Å². The second-order valence-electron chi connectivity index (χ2n) is 6.92. The summed E-state index contributed by atoms with van der Waals surface area (Å²) >= 11 is 0. The average Bonchev–Trinajstić information content (AvgIpc) is 2.72. The van der Waals surface area contributed by atoms with Gasteiger partial charge < -0.3 is 14.8 Å². The molecule has 1 amide bonds. The van der Waals surface area contributed by atoms with Gasteiger partial charge in [-0.05, 0) is 62.2 Å². The molecule has 0 aliphatic rings. The quantitative estimate of drug-likeness (QED) is 0.590. The molecule has 0 bridgehead atoms. The normalized spacial score (nSPS) is 12.0. The topological polar surface area (TPSA) is 102 Å². The summed E-state index contributed by atoms with van der Waals surface area (Å²) in [6, 6.07) is 10.3. The van der Waals surface area contributed by atoms with E-state index < -0.39 is 27.9 Å². The molecule has 1 atom stereocenters. The zero-order valence-corrected chi connectivity index (χ0v) is 19.2. The molecular weight excluding hydrogens is 420 g/mol. The van der Waals surface area contributed by atoms with Crippen LogP contribution in [0.3, 0.4) is 0 Å². The van der Waals surface area contributed by atoms with E-state index in [-0.39, 0.29) is 13.0 Å². The highest BCUT2D eigenvalue weighted by Crippen LogP contribution is 2.26. The Labute approximate surface area is 183 Å². The fourth-order valence-corrected chi connectivity index (χ4v) is 4.32. The highest BCUT2D eigenvalue weighted by molar-refractivity contribution is 7.92. The Balaban J connectivity index is 2.38. The van der Waals surface area contributed by atoms with Gasteiger partial charge in [0, 0.05) is 5.69 Å². The van der Waals surface area contributed by atoms with Crippen LogP contribution in [0.5, 0.6) is 5.75 Å². The van der Waals surface area contributed by atoms with Crippen LogP contribution in [-0.4, -0.2) is 46.3 Å². The van der Waals surface area contributed by atoms with E-state index in [1.165, 1.54) is 13.2 Å². The number of hydrogen-bond donors (Lipinski definition) is 1. The molecule has 0 radical (unpaired) electrons. The fraction of sp³-hybridized carbons (Fsp3) is 0.364. The van der Waals surface area contributed by atoms with Gasteiger partial charge in [0.1, 0.15) is 11.8 Å². The zero-order valence-electron chi connectivity index (χ0n) is 18.3. The van der Waals surface area contributed by atoms with Crippen LogP contribution >= 0.6 is 0 Å². The molecule has 0 spiro atoms. The Kier molecular flexibility index (Phi) is 8.04. The predicted octanol–water partition coefficient (Wildman–Crippen LogP) is 3.36. The van der Waals surface area contributed by atoms with Crippen LogP contribution in [0.4, 0.5) is 11.4 Å². The first-order chi connectivity index (χ1) is 14.6. The van der Waals surface area contributed by atoms with Crippen LogP contribution in [0.2, 0.25) is 0 Å². The first-order valence-corrected chi connectivity index (χ1v) is 11.7. The number of nitrogens with zero attached hydrogens (tertiary/aromatic N) is 1. The number of rotatable bonds is 9. The largest absolute Gasteiger partial charge is 0.497 e. The lowest BCUT2D eigenvalue weighted by Crippen LogP contribution is -2.47. The minimum absolute atomic E-state index is 0.234. The van der Waals surface area contributed by atoms with Crippen LogP contribution in [0, 0.1) is 6.92 Å². The Hall–Kier alpha value is -3.07. The minimum atomic E-state index is -3.77. The van der Waals surface area contributed by atoms with Gasteiger partial charge in [0.15, 0.2) is 0 Å². The summed E-state index contributed by atoms with van der Waals surface area (Å²) in [6.45, 7) is 5.45. The number of hydrogen-bond acceptors (Lipinski definition) is 6. The molecule has 0 aromatic heterocycles. The highest BCUT2D eigenvalue weighted by atomic mass is 32.2. The van der Waals surface area contributed by atoms with Crippen molar-refractivity contribution >= 4 is 33.3 Å². The second kappa shape index (κ2) is 10.3. The predicted molar refractivity (Wildman–Crippen MR) is 120 cm³/mol. The number of aryl methyl sites for hydroxylation is 1. The number of anilines is 2. The van der Waals surface area contributed by atoms with E-state index in [2.05, 4.69) is 5.32 Å². The van der Waals surface area contributed by atoms with Crippen molar-refractivity contribution in [1.29, 1.82) is 0 Å². The van der Waals surface area contributed by atoms with Crippen LogP contribution in [0.1, 0.15) is 36.2 Å². The van der Waals surface area contributed by atoms with Crippen molar-refractivity contribution in [3.05, 3.63) is 53.6 Å². The number of benzene rings is 2. The Morgan fingerprint density at radius 2 is 1.74 bits per heavy atom. The van der Waals surface area contributed by atoms with Crippen LogP contribution in [0.25, 0.3) is 0 Å². The van der Waals surface area contributed by atoms with E-state index in [1.54, 1.807) is 57.2 Å². The molecule has 31 heavy (non-hydrogen) atoms. The summed E-state index contributed by atoms with van der Waals surface area (Å²) in [5.74, 6) is -0.435. The molecule has 1 N–H and O–H groups in total. The standard InChI is InChI=1S/C22H28N2O6S/c1-6-20(24(31(5,27)28)17-10-12-18(29-4)13-11-17)21(25)23-19-14-16(9-8-15(19)3)22(26)30-7-2/h8-14,20H,6-7H2,1-5H3,(H,23,25)/t20-/m0/s1. The third-order valence-corrected chi connectivity index (χ3v) is 5.84. The maximum Gasteiger partial charge on any atom is 0.338 e. The summed E-state index contributed by atoms with van der Waals surface area (Å²) in [4.78, 5) is 25.2. The molecule has 0 aliphatic heterocycles. The van der Waals surface area contributed by atoms with Crippen molar-refractivity contribution in [2.24, 2.45) is 0 Å². The molecule has 2 rings (SSSR count). The van der Waals surface area contributed by atoms with Crippen LogP contribution in [0.15, 0.2) is 42.5 Å². The number of ether oxygens (including phenoxy) is 2. The van der Waals surface area contributed by atoms with E-state index in [9.17, 15) is 18.0 Å². The number of amides is 1. The summed E-state index contributed by atoms with van der Waals surface area (Å²) in [5, 5.41) is 2.77. The van der Waals surface area contributed by atoms with Gasteiger partial charge in [-0.2, -0.15) is 0 Å². The molecule has 0 saturated heterocycles. The van der Waals surface area contributed by atoms with Gasteiger partial charge >= 0.3 is 5.97 Å². The van der Waals surface area contributed by atoms with Crippen molar-refractivity contribution in [2.45, 2.75) is 33.2 Å². The Morgan fingerprint density at radius 1 is 1.10 bits per heavy atom. The van der Waals surface area contributed by atoms with E-state index in [0.29, 0.717) is 22.7 Å². The molecule has 2 aromatic carbocycles. The van der Waals surface area contributed by atoms with Gasteiger partial charge in [-0.25, -0.2) is 13.2 Å². The monoisotopic (exact) mass is 448 g/mol. The number of carbonyl (C=O) groups is 2. The number of nitrogens with one attached hydrogen (secondary N) is 1. The zero-order chi connectivity index (χ0) is 23.2. The summed E-state index contributed by atoms with van der Waals surface area (Å²) in [5.41, 5.74) is 1.79. The first kappa shape index (κ1) is 24.2. The van der Waals surface area contributed by atoms with Gasteiger partial charge in [0.25, 0.3) is 0 Å². The lowest BCUT2D eigenvalue weighted by Gasteiger charge is -2.30. The van der Waals surface area contributed by atoms with E-state index in [0.717, 1.165) is 16.1 Å². The minimum Gasteiger partial charge on any atom is -0.497 e. The Morgan fingerprint density at radius 3 is 2.26 bits per heavy atom. The van der Waals surface area contributed by atoms with Gasteiger partial charge in [0.05, 0.1) is 31.2 Å². The molecule has 168 valence electrons. The molecule has 2 aromatic rings. The van der Waals surface area contributed by atoms with Gasteiger partial charge in [-0.15, -0.1) is 0 Å². The maximum absolute atomic E-state index is 13.1. The van der Waals surface area contributed by atoms with E-state index in [1.807, 2.05) is 0 Å². The highest BCUT2D eigenvalue weighted by Gasteiger charge is 2.32. The molecule has 0 aliphatic carbocycles. The summed E-state index contributed by atoms with van der Waals surface area (Å²) in [6.07, 6.45) is 1.29. The smallest absolute Gasteiger partial charge is 0.338 e. The average molecular weight is 449 g/mol. The summed E-state index contributed by atoms with van der Waals surface area (Å²) < 4.78 is 36.4. The van der Waals surface area contributed by atoms with Crippen molar-refractivity contribution in [3.8, 4) is 5.75 Å². The third kappa shape index (κ3) is 5.97. The summed E-state index contributed by atoms with van der Waals surface area (Å²) in [7, 11) is -2.26. The van der Waals surface area contributed by atoms with Crippen LogP contribution < -0.4 is 14.4 Å². The molecule has 8 nitrogen and oxygen atoms in total. The van der Waals surface area contributed by atoms with Crippen molar-refractivity contribution in [3.63, 3.8) is 0 Å². The Bertz CT molecular complexity index is 1030. The number of esters is 1. The number of sulfonamides is 1. The van der Waals surface area contributed by atoms with Crippen LogP contribution in [-0.2, 0) is 19.6 Å². The second-order valence-corrected chi connectivity index (χ2v) is 8.78. The molecule has 0 fully saturated rings. The number of carbonyl (C=O) groups excluding carboxylic acids is 2.